The lowest BCUT2D eigenvalue weighted by molar-refractivity contribution is -0.384. The zero-order chi connectivity index (χ0) is 22.4. The first-order valence-corrected chi connectivity index (χ1v) is 9.34. The number of carbonyl (C=O) groups is 3. The SMILES string of the molecule is CC(NC(=O)c1cccc([N+](=O)[O-])c1)C(=O)OCC(=O)Nc1cccc2ccccc12. The topological polar surface area (TPSA) is 128 Å². The van der Waals surface area contributed by atoms with Gasteiger partial charge in [0, 0.05) is 28.8 Å². The number of fused-ring (bicyclic) bond motifs is 1. The van der Waals surface area contributed by atoms with Gasteiger partial charge < -0.3 is 15.4 Å². The van der Waals surface area contributed by atoms with Crippen molar-refractivity contribution in [2.75, 3.05) is 11.9 Å². The molecule has 0 fully saturated rings. The molecule has 0 aliphatic carbocycles. The van der Waals surface area contributed by atoms with Crippen molar-refractivity contribution in [1.29, 1.82) is 0 Å². The van der Waals surface area contributed by atoms with Crippen molar-refractivity contribution < 1.29 is 24.0 Å². The van der Waals surface area contributed by atoms with Gasteiger partial charge >= 0.3 is 5.97 Å². The summed E-state index contributed by atoms with van der Waals surface area (Å²) in [5, 5.41) is 17.7. The Morgan fingerprint density at radius 2 is 1.74 bits per heavy atom. The van der Waals surface area contributed by atoms with Crippen LogP contribution in [-0.4, -0.2) is 35.4 Å². The molecule has 0 aromatic heterocycles. The van der Waals surface area contributed by atoms with E-state index in [2.05, 4.69) is 10.6 Å². The summed E-state index contributed by atoms with van der Waals surface area (Å²) in [6.07, 6.45) is 0. The van der Waals surface area contributed by atoms with Crippen LogP contribution >= 0.6 is 0 Å². The van der Waals surface area contributed by atoms with Gasteiger partial charge in [-0.15, -0.1) is 0 Å². The Labute approximate surface area is 177 Å². The van der Waals surface area contributed by atoms with E-state index in [1.165, 1.54) is 25.1 Å². The standard InChI is InChI=1S/C22H19N3O6/c1-14(23-21(27)16-8-4-9-17(12-16)25(29)30)22(28)31-13-20(26)24-19-11-5-7-15-6-2-3-10-18(15)19/h2-12,14H,13H2,1H3,(H,23,27)(H,24,26). The van der Waals surface area contributed by atoms with Crippen LogP contribution in [0.2, 0.25) is 0 Å². The second-order valence-electron chi connectivity index (χ2n) is 6.69. The van der Waals surface area contributed by atoms with Crippen molar-refractivity contribution >= 4 is 39.9 Å². The van der Waals surface area contributed by atoms with E-state index in [-0.39, 0.29) is 11.3 Å². The van der Waals surface area contributed by atoms with Crippen molar-refractivity contribution in [3.63, 3.8) is 0 Å². The lowest BCUT2D eigenvalue weighted by Crippen LogP contribution is -2.40. The minimum Gasteiger partial charge on any atom is -0.454 e. The highest BCUT2D eigenvalue weighted by Crippen LogP contribution is 2.22. The number of amides is 2. The number of nitro benzene ring substituents is 1. The normalized spacial score (nSPS) is 11.4. The summed E-state index contributed by atoms with van der Waals surface area (Å²) in [5.74, 6) is -2.01. The van der Waals surface area contributed by atoms with Crippen molar-refractivity contribution in [1.82, 2.24) is 5.32 Å². The van der Waals surface area contributed by atoms with Crippen LogP contribution < -0.4 is 10.6 Å². The molecule has 158 valence electrons. The quantitative estimate of drug-likeness (QED) is 0.343. The number of benzene rings is 3. The highest BCUT2D eigenvalue weighted by Gasteiger charge is 2.20. The second kappa shape index (κ2) is 9.49. The molecule has 9 nitrogen and oxygen atoms in total. The fourth-order valence-electron chi connectivity index (χ4n) is 2.88. The Morgan fingerprint density at radius 1 is 1.03 bits per heavy atom. The molecular weight excluding hydrogens is 402 g/mol. The smallest absolute Gasteiger partial charge is 0.328 e. The fourth-order valence-corrected chi connectivity index (χ4v) is 2.88. The minimum absolute atomic E-state index is 0.0301. The molecule has 0 bridgehead atoms. The number of anilines is 1. The lowest BCUT2D eigenvalue weighted by atomic mass is 10.1. The van der Waals surface area contributed by atoms with Crippen molar-refractivity contribution in [3.8, 4) is 0 Å². The van der Waals surface area contributed by atoms with E-state index in [1.807, 2.05) is 30.3 Å². The predicted molar refractivity (Wildman–Crippen MR) is 114 cm³/mol. The molecule has 0 spiro atoms. The molecule has 0 aliphatic rings. The highest BCUT2D eigenvalue weighted by molar-refractivity contribution is 6.03. The van der Waals surface area contributed by atoms with E-state index in [9.17, 15) is 24.5 Å². The molecule has 2 amide bonds. The summed E-state index contributed by atoms with van der Waals surface area (Å²) in [4.78, 5) is 46.7. The lowest BCUT2D eigenvalue weighted by Gasteiger charge is -2.14. The van der Waals surface area contributed by atoms with E-state index in [1.54, 1.807) is 12.1 Å². The molecule has 2 N–H and O–H groups in total. The third-order valence-electron chi connectivity index (χ3n) is 4.43. The van der Waals surface area contributed by atoms with Gasteiger partial charge in [0.2, 0.25) is 0 Å². The summed E-state index contributed by atoms with van der Waals surface area (Å²) in [7, 11) is 0. The third kappa shape index (κ3) is 5.41. The average molecular weight is 421 g/mol. The molecule has 0 saturated heterocycles. The molecule has 0 saturated carbocycles. The Hall–Kier alpha value is -4.27. The van der Waals surface area contributed by atoms with Gasteiger partial charge in [0.25, 0.3) is 17.5 Å². The maximum atomic E-state index is 12.2. The second-order valence-corrected chi connectivity index (χ2v) is 6.69. The first-order chi connectivity index (χ1) is 14.8. The molecule has 3 rings (SSSR count). The number of ether oxygens (including phenoxy) is 1. The molecule has 9 heteroatoms. The highest BCUT2D eigenvalue weighted by atomic mass is 16.6. The van der Waals surface area contributed by atoms with Gasteiger partial charge in [-0.25, -0.2) is 4.79 Å². The van der Waals surface area contributed by atoms with Crippen LogP contribution in [0, 0.1) is 10.1 Å². The van der Waals surface area contributed by atoms with Crippen LogP contribution in [0.4, 0.5) is 11.4 Å². The van der Waals surface area contributed by atoms with Gasteiger partial charge in [-0.3, -0.25) is 19.7 Å². The van der Waals surface area contributed by atoms with Crippen LogP contribution in [0.3, 0.4) is 0 Å². The molecule has 3 aromatic rings. The van der Waals surface area contributed by atoms with E-state index < -0.39 is 35.4 Å². The average Bonchev–Trinajstić information content (AvgIpc) is 2.77. The van der Waals surface area contributed by atoms with Gasteiger partial charge in [-0.2, -0.15) is 0 Å². The Bertz CT molecular complexity index is 1160. The van der Waals surface area contributed by atoms with Gasteiger partial charge in [0.1, 0.15) is 6.04 Å². The van der Waals surface area contributed by atoms with Crippen LogP contribution in [0.25, 0.3) is 10.8 Å². The molecule has 0 heterocycles. The Balaban J connectivity index is 1.54. The number of nitrogens with zero attached hydrogens (tertiary/aromatic N) is 1. The van der Waals surface area contributed by atoms with E-state index >= 15 is 0 Å². The molecule has 1 unspecified atom stereocenters. The summed E-state index contributed by atoms with van der Waals surface area (Å²) in [5.41, 5.74) is 0.377. The Morgan fingerprint density at radius 3 is 2.52 bits per heavy atom. The van der Waals surface area contributed by atoms with Gasteiger partial charge in [0.05, 0.1) is 4.92 Å². The van der Waals surface area contributed by atoms with Crippen LogP contribution in [-0.2, 0) is 14.3 Å². The van der Waals surface area contributed by atoms with Gasteiger partial charge in [-0.1, -0.05) is 42.5 Å². The summed E-state index contributed by atoms with van der Waals surface area (Å²) in [6, 6.07) is 17.0. The zero-order valence-corrected chi connectivity index (χ0v) is 16.5. The van der Waals surface area contributed by atoms with Crippen molar-refractivity contribution in [2.24, 2.45) is 0 Å². The van der Waals surface area contributed by atoms with Crippen LogP contribution in [0.5, 0.6) is 0 Å². The van der Waals surface area contributed by atoms with E-state index in [0.717, 1.165) is 16.8 Å². The maximum absolute atomic E-state index is 12.2. The van der Waals surface area contributed by atoms with Crippen molar-refractivity contribution in [2.45, 2.75) is 13.0 Å². The maximum Gasteiger partial charge on any atom is 0.328 e. The minimum atomic E-state index is -1.06. The molecule has 1 atom stereocenters. The van der Waals surface area contributed by atoms with Crippen LogP contribution in [0.1, 0.15) is 17.3 Å². The number of carbonyl (C=O) groups excluding carboxylic acids is 3. The molecule has 0 radical (unpaired) electrons. The summed E-state index contributed by atoms with van der Waals surface area (Å²) in [6.45, 7) is 0.860. The molecule has 0 aliphatic heterocycles. The first kappa shape index (κ1) is 21.4. The monoisotopic (exact) mass is 421 g/mol. The number of hydrogen-bond donors (Lipinski definition) is 2. The number of non-ortho nitro benzene ring substituents is 1. The van der Waals surface area contributed by atoms with E-state index in [0.29, 0.717) is 5.69 Å². The number of nitro groups is 1. The third-order valence-corrected chi connectivity index (χ3v) is 4.43. The fraction of sp³-hybridized carbons (Fsp3) is 0.136. The largest absolute Gasteiger partial charge is 0.454 e. The zero-order valence-electron chi connectivity index (χ0n) is 16.5. The number of esters is 1. The predicted octanol–water partition coefficient (Wildman–Crippen LogP) is 3.05. The molecular formula is C22H19N3O6. The van der Waals surface area contributed by atoms with Gasteiger partial charge in [-0.05, 0) is 24.4 Å². The molecule has 3 aromatic carbocycles. The van der Waals surface area contributed by atoms with Gasteiger partial charge in [0.15, 0.2) is 6.61 Å². The first-order valence-electron chi connectivity index (χ1n) is 9.34. The van der Waals surface area contributed by atoms with Crippen molar-refractivity contribution in [3.05, 3.63) is 82.4 Å². The number of rotatable bonds is 7. The number of nitrogens with one attached hydrogen (secondary N) is 2. The number of hydrogen-bond acceptors (Lipinski definition) is 6. The molecule has 31 heavy (non-hydrogen) atoms. The van der Waals surface area contributed by atoms with E-state index in [4.69, 9.17) is 4.74 Å². The summed E-state index contributed by atoms with van der Waals surface area (Å²) >= 11 is 0. The summed E-state index contributed by atoms with van der Waals surface area (Å²) < 4.78 is 4.97. The van der Waals surface area contributed by atoms with Crippen LogP contribution in [0.15, 0.2) is 66.7 Å². The Kier molecular flexibility index (Phi) is 6.56.